The minimum atomic E-state index is -0.789. The van der Waals surface area contributed by atoms with Gasteiger partial charge >= 0.3 is 6.09 Å². The lowest BCUT2D eigenvalue weighted by Gasteiger charge is -2.34. The minimum absolute atomic E-state index is 0.0441. The van der Waals surface area contributed by atoms with Crippen molar-refractivity contribution < 1.29 is 28.7 Å². The van der Waals surface area contributed by atoms with Crippen molar-refractivity contribution in [2.45, 2.75) is 166 Å². The number of nitrogens with two attached hydrogens (primary N) is 1. The molecule has 0 bridgehead atoms. The van der Waals surface area contributed by atoms with E-state index in [1.54, 1.807) is 50.5 Å². The SMILES string of the molecule is CC(C)(C)OC(=O)N[C@@H](Cc1cccnc1)C(=O)N1CCC(C(=O)NC(CCCc2ccccc2)CCCc2ccccc2)CC1.N[C@@H](Cc1cccnc1)C(=O)N1CCC(C(=O)NC(CCCc2ccccc2)CCCc2ccccc2)CC1. The molecule has 2 fully saturated rings. The van der Waals surface area contributed by atoms with Crippen molar-refractivity contribution in [1.29, 1.82) is 0 Å². The largest absolute Gasteiger partial charge is 0.444 e. The van der Waals surface area contributed by atoms with E-state index in [1.807, 2.05) is 53.4 Å². The van der Waals surface area contributed by atoms with E-state index in [2.05, 4.69) is 123 Å². The van der Waals surface area contributed by atoms with Crippen LogP contribution < -0.4 is 21.7 Å². The van der Waals surface area contributed by atoms with Crippen LogP contribution in [0.15, 0.2) is 170 Å². The van der Waals surface area contributed by atoms with E-state index in [0.29, 0.717) is 64.7 Å². The van der Waals surface area contributed by atoms with Gasteiger partial charge in [-0.2, -0.15) is 0 Å². The summed E-state index contributed by atoms with van der Waals surface area (Å²) in [7, 11) is 0. The average Bonchev–Trinajstić information content (AvgIpc) is 3.54. The van der Waals surface area contributed by atoms with Crippen molar-refractivity contribution in [2.24, 2.45) is 17.6 Å². The molecule has 2 aliphatic heterocycles. The van der Waals surface area contributed by atoms with E-state index in [4.69, 9.17) is 10.5 Å². The van der Waals surface area contributed by atoms with Gasteiger partial charge in [-0.15, -0.1) is 0 Å². The van der Waals surface area contributed by atoms with Gasteiger partial charge in [-0.1, -0.05) is 133 Å². The molecular formula is C71H92N8O6. The summed E-state index contributed by atoms with van der Waals surface area (Å²) in [6.07, 6.45) is 21.4. The molecule has 6 aromatic rings. The second kappa shape index (κ2) is 34.9. The first-order valence-electron chi connectivity index (χ1n) is 31.1. The Hall–Kier alpha value is -7.71. The summed E-state index contributed by atoms with van der Waals surface area (Å²) in [6, 6.07) is 48.4. The zero-order valence-electron chi connectivity index (χ0n) is 50.5. The van der Waals surface area contributed by atoms with Gasteiger partial charge in [0.15, 0.2) is 0 Å². The summed E-state index contributed by atoms with van der Waals surface area (Å²) in [5.41, 5.74) is 12.6. The Morgan fingerprint density at radius 1 is 0.482 bits per heavy atom. The first-order chi connectivity index (χ1) is 41.2. The van der Waals surface area contributed by atoms with Crippen molar-refractivity contribution >= 4 is 29.7 Å². The number of nitrogens with zero attached hydrogens (tertiary/aromatic N) is 4. The van der Waals surface area contributed by atoms with Gasteiger partial charge in [0.1, 0.15) is 11.6 Å². The third-order valence-corrected chi connectivity index (χ3v) is 16.1. The van der Waals surface area contributed by atoms with Crippen molar-refractivity contribution in [3.63, 3.8) is 0 Å². The van der Waals surface area contributed by atoms with Crippen LogP contribution in [0.25, 0.3) is 0 Å². The number of rotatable bonds is 27. The maximum atomic E-state index is 13.7. The number of benzene rings is 4. The number of carbonyl (C=O) groups is 5. The maximum Gasteiger partial charge on any atom is 0.408 e. The third-order valence-electron chi connectivity index (χ3n) is 16.1. The zero-order chi connectivity index (χ0) is 60.1. The van der Waals surface area contributed by atoms with Gasteiger partial charge in [0.25, 0.3) is 0 Å². The number of pyridine rings is 2. The molecule has 452 valence electrons. The maximum absolute atomic E-state index is 13.7. The number of hydrogen-bond acceptors (Lipinski definition) is 9. The number of likely N-dealkylation sites (tertiary alicyclic amines) is 2. The van der Waals surface area contributed by atoms with E-state index in [1.165, 1.54) is 22.3 Å². The molecule has 5 N–H and O–H groups in total. The molecule has 2 aliphatic rings. The van der Waals surface area contributed by atoms with Crippen LogP contribution in [0.3, 0.4) is 0 Å². The predicted molar refractivity (Wildman–Crippen MR) is 337 cm³/mol. The fourth-order valence-corrected chi connectivity index (χ4v) is 11.4. The highest BCUT2D eigenvalue weighted by atomic mass is 16.6. The lowest BCUT2D eigenvalue weighted by molar-refractivity contribution is -0.137. The van der Waals surface area contributed by atoms with Crippen LogP contribution in [0, 0.1) is 11.8 Å². The highest BCUT2D eigenvalue weighted by Crippen LogP contribution is 2.23. The molecule has 14 nitrogen and oxygen atoms in total. The number of nitrogens with one attached hydrogen (secondary N) is 3. The van der Waals surface area contributed by atoms with Gasteiger partial charge in [0.2, 0.25) is 23.6 Å². The molecule has 0 radical (unpaired) electrons. The van der Waals surface area contributed by atoms with Crippen LogP contribution in [0.2, 0.25) is 0 Å². The third kappa shape index (κ3) is 23.7. The second-order valence-corrected chi connectivity index (χ2v) is 24.1. The molecular weight excluding hydrogens is 1060 g/mol. The first-order valence-corrected chi connectivity index (χ1v) is 31.1. The monoisotopic (exact) mass is 1150 g/mol. The van der Waals surface area contributed by atoms with E-state index >= 15 is 0 Å². The number of hydrogen-bond donors (Lipinski definition) is 4. The number of aryl methyl sites for hydroxylation is 4. The van der Waals surface area contributed by atoms with Crippen LogP contribution in [-0.2, 0) is 62.4 Å². The highest BCUT2D eigenvalue weighted by molar-refractivity contribution is 5.87. The standard InChI is InChI=1S/C38H50N4O4.C33H42N4O2/c1-38(2,3)46-37(45)41-34(27-31-19-12-24-39-28-31)36(44)42-25-22-32(23-26-42)35(43)40-33(20-10-17-29-13-6-4-7-14-29)21-11-18-30-15-8-5-9-16-30;34-31(24-28-16-9-21-35-25-28)33(39)37-22-19-29(20-23-37)32(38)36-30(17-7-14-26-10-3-1-4-11-26)18-8-15-27-12-5-2-6-13-27/h4-9,12-16,19,24,28,32-34H,10-11,17-18,20-23,25-27H2,1-3H3,(H,40,43)(H,41,45);1-6,9-13,16,21,25,29-31H,7-8,14-15,17-20,22-24,34H2,(H,36,38)/t34-;31-/m00/s1. The van der Waals surface area contributed by atoms with E-state index < -0.39 is 23.8 Å². The molecule has 5 amide bonds. The quantitative estimate of drug-likeness (QED) is 0.0389. The van der Waals surface area contributed by atoms with E-state index in [-0.39, 0.29) is 47.5 Å². The molecule has 4 aromatic carbocycles. The molecule has 4 heterocycles. The van der Waals surface area contributed by atoms with Crippen LogP contribution in [-0.4, -0.2) is 105 Å². The van der Waals surface area contributed by atoms with Crippen molar-refractivity contribution in [1.82, 2.24) is 35.7 Å². The molecule has 2 saturated heterocycles. The number of alkyl carbamates (subject to hydrolysis) is 1. The van der Waals surface area contributed by atoms with Crippen molar-refractivity contribution in [2.75, 3.05) is 26.2 Å². The molecule has 8 rings (SSSR count). The van der Waals surface area contributed by atoms with Gasteiger partial charge in [-0.05, 0) is 175 Å². The Bertz CT molecular complexity index is 2790. The van der Waals surface area contributed by atoms with E-state index in [9.17, 15) is 24.0 Å². The molecule has 0 unspecified atom stereocenters. The summed E-state index contributed by atoms with van der Waals surface area (Å²) < 4.78 is 5.45. The van der Waals surface area contributed by atoms with Crippen molar-refractivity contribution in [3.05, 3.63) is 204 Å². The second-order valence-electron chi connectivity index (χ2n) is 24.1. The van der Waals surface area contributed by atoms with Gasteiger partial charge in [0, 0.05) is 81.3 Å². The average molecular weight is 1150 g/mol. The summed E-state index contributed by atoms with van der Waals surface area (Å²) in [6.45, 7) is 7.44. The van der Waals surface area contributed by atoms with Crippen LogP contribution in [0.4, 0.5) is 4.79 Å². The summed E-state index contributed by atoms with van der Waals surface area (Å²) in [4.78, 5) is 77.8. The zero-order valence-corrected chi connectivity index (χ0v) is 50.5. The minimum Gasteiger partial charge on any atom is -0.444 e. The fraction of sp³-hybridized carbons (Fsp3) is 0.451. The topological polar surface area (TPSA) is 189 Å². The van der Waals surface area contributed by atoms with Crippen LogP contribution >= 0.6 is 0 Å². The predicted octanol–water partition coefficient (Wildman–Crippen LogP) is 11.0. The Morgan fingerprint density at radius 2 is 0.824 bits per heavy atom. The molecule has 14 heteroatoms. The smallest absolute Gasteiger partial charge is 0.408 e. The Kier molecular flexibility index (Phi) is 26.6. The lowest BCUT2D eigenvalue weighted by Crippen LogP contribution is -2.53. The summed E-state index contributed by atoms with van der Waals surface area (Å²) in [5, 5.41) is 9.55. The van der Waals surface area contributed by atoms with Gasteiger partial charge in [-0.3, -0.25) is 29.1 Å². The van der Waals surface area contributed by atoms with Gasteiger partial charge in [0.05, 0.1) is 6.04 Å². The van der Waals surface area contributed by atoms with Gasteiger partial charge < -0.3 is 36.2 Å². The highest BCUT2D eigenvalue weighted by Gasteiger charge is 2.34. The normalized spacial score (nSPS) is 14.6. The number of amides is 5. The number of carbonyl (C=O) groups excluding carboxylic acids is 5. The Balaban J connectivity index is 0.000000247. The molecule has 2 atom stereocenters. The molecule has 2 aromatic heterocycles. The fourth-order valence-electron chi connectivity index (χ4n) is 11.4. The lowest BCUT2D eigenvalue weighted by atomic mass is 9.93. The number of ether oxygens (including phenoxy) is 1. The Labute approximate surface area is 505 Å². The first kappa shape index (κ1) is 64.8. The summed E-state index contributed by atoms with van der Waals surface area (Å²) >= 11 is 0. The van der Waals surface area contributed by atoms with Crippen LogP contribution in [0.1, 0.15) is 131 Å². The summed E-state index contributed by atoms with van der Waals surface area (Å²) in [5.74, 6) is -0.216. The molecule has 0 spiro atoms. The molecule has 0 saturated carbocycles. The van der Waals surface area contributed by atoms with Crippen molar-refractivity contribution in [3.8, 4) is 0 Å². The number of piperidine rings is 2. The Morgan fingerprint density at radius 3 is 1.16 bits per heavy atom. The molecule has 0 aliphatic carbocycles. The van der Waals surface area contributed by atoms with Crippen LogP contribution in [0.5, 0.6) is 0 Å². The molecule has 85 heavy (non-hydrogen) atoms. The van der Waals surface area contributed by atoms with Gasteiger partial charge in [-0.25, -0.2) is 4.79 Å². The van der Waals surface area contributed by atoms with E-state index in [0.717, 1.165) is 88.2 Å². The number of aromatic nitrogens is 2.